The van der Waals surface area contributed by atoms with Crippen LogP contribution < -0.4 is 9.80 Å². The average molecular weight is 394 g/mol. The Morgan fingerprint density at radius 1 is 1.14 bits per heavy atom. The Kier molecular flexibility index (Phi) is 6.86. The van der Waals surface area contributed by atoms with Gasteiger partial charge >= 0.3 is 0 Å². The standard InChI is InChI=1S/C21H25N5O.C2H6/c1-3-19(27)24(2)17-13-18-20(22-14-17)23-21(25-11-7-8-12-25)26(18)15-16-9-5-4-6-10-16;1-2/h4-6,9-10,13-14H,3,7-8,11-12,15H2,1-2H3;1-2H3. The smallest absolute Gasteiger partial charge is 0.226 e. The molecule has 6 nitrogen and oxygen atoms in total. The number of hydrogen-bond donors (Lipinski definition) is 0. The lowest BCUT2D eigenvalue weighted by molar-refractivity contribution is -0.118. The number of anilines is 2. The first-order valence-electron chi connectivity index (χ1n) is 10.6. The minimum Gasteiger partial charge on any atom is -0.342 e. The molecule has 0 bridgehead atoms. The molecule has 2 aromatic heterocycles. The van der Waals surface area contributed by atoms with Crippen molar-refractivity contribution in [1.82, 2.24) is 14.5 Å². The number of aromatic nitrogens is 3. The number of amides is 1. The average Bonchev–Trinajstić information content (AvgIpc) is 3.43. The molecule has 1 aliphatic heterocycles. The van der Waals surface area contributed by atoms with E-state index in [9.17, 15) is 4.79 Å². The number of nitrogens with zero attached hydrogens (tertiary/aromatic N) is 5. The van der Waals surface area contributed by atoms with Gasteiger partial charge in [0.05, 0.1) is 23.9 Å². The van der Waals surface area contributed by atoms with E-state index in [1.165, 1.54) is 18.4 Å². The summed E-state index contributed by atoms with van der Waals surface area (Å²) in [5, 5.41) is 0. The summed E-state index contributed by atoms with van der Waals surface area (Å²) in [5.74, 6) is 1.05. The number of carbonyl (C=O) groups is 1. The molecule has 0 atom stereocenters. The van der Waals surface area contributed by atoms with Gasteiger partial charge in [0, 0.05) is 26.6 Å². The van der Waals surface area contributed by atoms with Crippen molar-refractivity contribution in [2.24, 2.45) is 0 Å². The van der Waals surface area contributed by atoms with Crippen LogP contribution in [0, 0.1) is 0 Å². The first-order chi connectivity index (χ1) is 14.2. The highest BCUT2D eigenvalue weighted by Crippen LogP contribution is 2.28. The fraction of sp³-hybridized carbons (Fsp3) is 0.435. The molecule has 4 rings (SSSR count). The van der Waals surface area contributed by atoms with Crippen LogP contribution in [0.1, 0.15) is 45.6 Å². The van der Waals surface area contributed by atoms with Gasteiger partial charge < -0.3 is 14.4 Å². The number of hydrogen-bond acceptors (Lipinski definition) is 4. The molecule has 1 saturated heterocycles. The van der Waals surface area contributed by atoms with E-state index in [0.717, 1.165) is 42.4 Å². The van der Waals surface area contributed by atoms with Gasteiger partial charge in [0.1, 0.15) is 0 Å². The number of rotatable bonds is 5. The second-order valence-corrected chi connectivity index (χ2v) is 7.02. The van der Waals surface area contributed by atoms with Gasteiger partial charge in [0.2, 0.25) is 11.9 Å². The first kappa shape index (κ1) is 20.8. The monoisotopic (exact) mass is 393 g/mol. The van der Waals surface area contributed by atoms with Crippen LogP contribution in [0.15, 0.2) is 42.6 Å². The lowest BCUT2D eigenvalue weighted by Gasteiger charge is -2.19. The predicted octanol–water partition coefficient (Wildman–Crippen LogP) is 4.48. The fourth-order valence-electron chi connectivity index (χ4n) is 3.63. The van der Waals surface area contributed by atoms with Crippen LogP contribution in [0.2, 0.25) is 0 Å². The molecule has 0 unspecified atom stereocenters. The summed E-state index contributed by atoms with van der Waals surface area (Å²) in [7, 11) is 1.80. The van der Waals surface area contributed by atoms with E-state index in [-0.39, 0.29) is 5.91 Å². The Balaban J connectivity index is 0.00000117. The van der Waals surface area contributed by atoms with Gasteiger partial charge in [-0.2, -0.15) is 4.98 Å². The molecule has 1 amide bonds. The number of fused-ring (bicyclic) bond motifs is 1. The summed E-state index contributed by atoms with van der Waals surface area (Å²) in [5.41, 5.74) is 3.72. The quantitative estimate of drug-likeness (QED) is 0.641. The van der Waals surface area contributed by atoms with Gasteiger partial charge in [0.15, 0.2) is 5.65 Å². The van der Waals surface area contributed by atoms with E-state index in [1.54, 1.807) is 18.1 Å². The van der Waals surface area contributed by atoms with Crippen LogP contribution >= 0.6 is 0 Å². The first-order valence-corrected chi connectivity index (χ1v) is 10.6. The maximum atomic E-state index is 12.1. The van der Waals surface area contributed by atoms with Crippen molar-refractivity contribution in [3.8, 4) is 0 Å². The molecule has 1 aromatic carbocycles. The SMILES string of the molecule is CC.CCC(=O)N(C)c1cnc2nc(N3CCCC3)n(Cc3ccccc3)c2c1. The van der Waals surface area contributed by atoms with Crippen LogP contribution in [0.4, 0.5) is 11.6 Å². The second-order valence-electron chi connectivity index (χ2n) is 7.02. The largest absolute Gasteiger partial charge is 0.342 e. The van der Waals surface area contributed by atoms with Crippen molar-refractivity contribution >= 4 is 28.7 Å². The highest BCUT2D eigenvalue weighted by atomic mass is 16.2. The van der Waals surface area contributed by atoms with Crippen LogP contribution in [-0.2, 0) is 11.3 Å². The molecule has 0 spiro atoms. The molecule has 6 heteroatoms. The summed E-state index contributed by atoms with van der Waals surface area (Å²) >= 11 is 0. The maximum Gasteiger partial charge on any atom is 0.226 e. The third kappa shape index (κ3) is 4.42. The number of pyridine rings is 1. The lowest BCUT2D eigenvalue weighted by Crippen LogP contribution is -2.25. The van der Waals surface area contributed by atoms with Crippen LogP contribution in [0.5, 0.6) is 0 Å². The van der Waals surface area contributed by atoms with Crippen molar-refractivity contribution in [1.29, 1.82) is 0 Å². The summed E-state index contributed by atoms with van der Waals surface area (Å²) in [6.07, 6.45) is 4.60. The molecule has 0 saturated carbocycles. The fourth-order valence-corrected chi connectivity index (χ4v) is 3.63. The Morgan fingerprint density at radius 2 is 1.83 bits per heavy atom. The summed E-state index contributed by atoms with van der Waals surface area (Å²) < 4.78 is 2.23. The van der Waals surface area contributed by atoms with Gasteiger partial charge in [-0.25, -0.2) is 4.98 Å². The van der Waals surface area contributed by atoms with Gasteiger partial charge in [-0.3, -0.25) is 4.79 Å². The van der Waals surface area contributed by atoms with Gasteiger partial charge in [-0.15, -0.1) is 0 Å². The van der Waals surface area contributed by atoms with Crippen LogP contribution in [-0.4, -0.2) is 40.6 Å². The van der Waals surface area contributed by atoms with E-state index in [1.807, 2.05) is 32.9 Å². The zero-order chi connectivity index (χ0) is 20.8. The second kappa shape index (κ2) is 9.54. The van der Waals surface area contributed by atoms with Crippen molar-refractivity contribution in [3.63, 3.8) is 0 Å². The van der Waals surface area contributed by atoms with Crippen LogP contribution in [0.25, 0.3) is 11.2 Å². The third-order valence-electron chi connectivity index (χ3n) is 5.21. The van der Waals surface area contributed by atoms with Crippen molar-refractivity contribution in [3.05, 3.63) is 48.2 Å². The summed E-state index contributed by atoms with van der Waals surface area (Å²) in [6, 6.07) is 12.4. The van der Waals surface area contributed by atoms with E-state index in [2.05, 4.69) is 38.7 Å². The molecule has 1 aliphatic rings. The normalized spacial score (nSPS) is 13.3. The molecule has 154 valence electrons. The van der Waals surface area contributed by atoms with E-state index >= 15 is 0 Å². The van der Waals surface area contributed by atoms with E-state index in [0.29, 0.717) is 6.42 Å². The zero-order valence-electron chi connectivity index (χ0n) is 17.9. The van der Waals surface area contributed by atoms with Crippen molar-refractivity contribution in [2.45, 2.75) is 46.6 Å². The van der Waals surface area contributed by atoms with Crippen molar-refractivity contribution < 1.29 is 4.79 Å². The Labute approximate surface area is 173 Å². The Hall–Kier alpha value is -2.89. The molecule has 0 radical (unpaired) electrons. The molecule has 29 heavy (non-hydrogen) atoms. The third-order valence-corrected chi connectivity index (χ3v) is 5.21. The minimum atomic E-state index is 0.0741. The summed E-state index contributed by atoms with van der Waals surface area (Å²) in [4.78, 5) is 25.5. The highest BCUT2D eigenvalue weighted by molar-refractivity contribution is 5.94. The number of carbonyl (C=O) groups excluding carboxylic acids is 1. The number of benzene rings is 1. The molecule has 0 N–H and O–H groups in total. The van der Waals surface area contributed by atoms with Gasteiger partial charge in [0.25, 0.3) is 0 Å². The van der Waals surface area contributed by atoms with Gasteiger partial charge in [-0.05, 0) is 24.5 Å². The molecular formula is C23H31N5O. The predicted molar refractivity (Wildman–Crippen MR) is 120 cm³/mol. The number of imidazole rings is 1. The van der Waals surface area contributed by atoms with Crippen molar-refractivity contribution in [2.75, 3.05) is 29.9 Å². The zero-order valence-corrected chi connectivity index (χ0v) is 17.9. The molecule has 3 heterocycles. The molecular weight excluding hydrogens is 362 g/mol. The van der Waals surface area contributed by atoms with E-state index < -0.39 is 0 Å². The van der Waals surface area contributed by atoms with Crippen LogP contribution in [0.3, 0.4) is 0 Å². The summed E-state index contributed by atoms with van der Waals surface area (Å²) in [6.45, 7) is 8.66. The molecule has 0 aliphatic carbocycles. The molecule has 1 fully saturated rings. The maximum absolute atomic E-state index is 12.1. The topological polar surface area (TPSA) is 54.3 Å². The molecule has 3 aromatic rings. The van der Waals surface area contributed by atoms with Gasteiger partial charge in [-0.1, -0.05) is 51.1 Å². The van der Waals surface area contributed by atoms with E-state index in [4.69, 9.17) is 4.98 Å². The minimum absolute atomic E-state index is 0.0741. The lowest BCUT2D eigenvalue weighted by atomic mass is 10.2. The highest BCUT2D eigenvalue weighted by Gasteiger charge is 2.22. The Bertz CT molecular complexity index is 945. The Morgan fingerprint density at radius 3 is 2.48 bits per heavy atom.